The van der Waals surface area contributed by atoms with Crippen molar-refractivity contribution < 1.29 is 0 Å². The number of benzene rings is 9. The molecule has 4 heterocycles. The second-order valence-corrected chi connectivity index (χ2v) is 16.5. The molecule has 0 unspecified atom stereocenters. The Morgan fingerprint density at radius 2 is 0.769 bits per heavy atom. The number of para-hydroxylation sites is 3. The van der Waals surface area contributed by atoms with Crippen LogP contribution < -0.4 is 0 Å². The molecule has 304 valence electrons. The average Bonchev–Trinajstić information content (AvgIpc) is 4.07. The molecule has 0 fully saturated rings. The molecule has 0 amide bonds. The molecule has 0 aliphatic carbocycles. The van der Waals surface area contributed by atoms with E-state index in [1.54, 1.807) is 0 Å². The summed E-state index contributed by atoms with van der Waals surface area (Å²) in [6.45, 7) is 0. The predicted octanol–water partition coefficient (Wildman–Crippen LogP) is 14.7. The highest BCUT2D eigenvalue weighted by atomic mass is 15.0. The topological polar surface area (TPSA) is 53.5 Å². The van der Waals surface area contributed by atoms with Crippen LogP contribution in [0.5, 0.6) is 0 Å². The molecule has 0 bridgehead atoms. The Kier molecular flexibility index (Phi) is 8.42. The van der Waals surface area contributed by atoms with Crippen molar-refractivity contribution in [2.24, 2.45) is 0 Å². The van der Waals surface area contributed by atoms with E-state index < -0.39 is 0 Å². The van der Waals surface area contributed by atoms with E-state index in [0.29, 0.717) is 17.5 Å². The van der Waals surface area contributed by atoms with E-state index in [1.165, 1.54) is 27.1 Å². The lowest BCUT2D eigenvalue weighted by Gasteiger charge is -2.15. The molecule has 0 radical (unpaired) electrons. The number of fused-ring (bicyclic) bond motifs is 8. The molecule has 13 rings (SSSR count). The third-order valence-corrected chi connectivity index (χ3v) is 12.7. The summed E-state index contributed by atoms with van der Waals surface area (Å²) in [4.78, 5) is 15.5. The van der Waals surface area contributed by atoms with Crippen LogP contribution >= 0.6 is 0 Å². The first kappa shape index (κ1) is 36.8. The molecule has 0 spiro atoms. The normalized spacial score (nSPS) is 11.7. The molecule has 0 saturated heterocycles. The molecule has 13 aromatic rings. The van der Waals surface area contributed by atoms with Crippen LogP contribution in [0.15, 0.2) is 231 Å². The molecule has 9 aromatic carbocycles. The summed E-state index contributed by atoms with van der Waals surface area (Å²) in [5.41, 5.74) is 13.9. The van der Waals surface area contributed by atoms with Crippen molar-refractivity contribution >= 4 is 54.5 Å². The third-order valence-electron chi connectivity index (χ3n) is 12.7. The average molecular weight is 831 g/mol. The fraction of sp³-hybridized carbons (Fsp3) is 0. The molecule has 0 aliphatic heterocycles. The fourth-order valence-corrected chi connectivity index (χ4v) is 9.73. The maximum atomic E-state index is 5.24. The van der Waals surface area contributed by atoms with Gasteiger partial charge in [0.1, 0.15) is 0 Å². The summed E-state index contributed by atoms with van der Waals surface area (Å²) in [5, 5.41) is 5.90. The van der Waals surface area contributed by atoms with E-state index in [4.69, 9.17) is 15.0 Å². The van der Waals surface area contributed by atoms with Gasteiger partial charge >= 0.3 is 0 Å². The van der Waals surface area contributed by atoms with Crippen molar-refractivity contribution in [3.8, 4) is 62.4 Å². The lowest BCUT2D eigenvalue weighted by Crippen LogP contribution is -2.02. The van der Waals surface area contributed by atoms with E-state index in [-0.39, 0.29) is 0 Å². The number of hydrogen-bond acceptors (Lipinski definition) is 3. The second kappa shape index (κ2) is 14.9. The minimum absolute atomic E-state index is 0.603. The molecule has 65 heavy (non-hydrogen) atoms. The van der Waals surface area contributed by atoms with Crippen LogP contribution in [0.25, 0.3) is 117 Å². The van der Waals surface area contributed by atoms with E-state index in [1.807, 2.05) is 36.4 Å². The first-order valence-electron chi connectivity index (χ1n) is 21.9. The van der Waals surface area contributed by atoms with E-state index in [9.17, 15) is 0 Å². The summed E-state index contributed by atoms with van der Waals surface area (Å²) in [6, 6.07) is 79.5. The number of rotatable bonds is 7. The summed E-state index contributed by atoms with van der Waals surface area (Å²) in [6.07, 6.45) is 2.20. The SMILES string of the molecule is c1ccc(-c2cc(-c3nc(-c4ccccc4)nc(-c4ccccc4)n3)cc(-n3c4cc5c6ccccc6n(-c6ccccc6)c5cc4c4ccc5c(ccn5-c5ccccc5)c43)c2)cc1. The summed E-state index contributed by atoms with van der Waals surface area (Å²) in [5.74, 6) is 1.85. The van der Waals surface area contributed by atoms with Crippen molar-refractivity contribution in [2.45, 2.75) is 0 Å². The Morgan fingerprint density at radius 3 is 1.42 bits per heavy atom. The number of hydrogen-bond donors (Lipinski definition) is 0. The third kappa shape index (κ3) is 6.07. The largest absolute Gasteiger partial charge is 0.316 e. The van der Waals surface area contributed by atoms with Crippen LogP contribution in [0, 0.1) is 0 Å². The van der Waals surface area contributed by atoms with Crippen LogP contribution in [0.4, 0.5) is 0 Å². The van der Waals surface area contributed by atoms with E-state index in [2.05, 4.69) is 208 Å². The van der Waals surface area contributed by atoms with Gasteiger partial charge < -0.3 is 13.7 Å². The highest BCUT2D eigenvalue weighted by Crippen LogP contribution is 2.43. The summed E-state index contributed by atoms with van der Waals surface area (Å²) in [7, 11) is 0. The smallest absolute Gasteiger partial charge is 0.164 e. The van der Waals surface area contributed by atoms with Gasteiger partial charge in [0.25, 0.3) is 0 Å². The lowest BCUT2D eigenvalue weighted by atomic mass is 10.0. The minimum Gasteiger partial charge on any atom is -0.316 e. The zero-order valence-electron chi connectivity index (χ0n) is 35.1. The first-order valence-corrected chi connectivity index (χ1v) is 21.9. The number of aromatic nitrogens is 6. The van der Waals surface area contributed by atoms with Gasteiger partial charge in [-0.1, -0.05) is 152 Å². The van der Waals surface area contributed by atoms with Gasteiger partial charge in [-0.05, 0) is 83.9 Å². The van der Waals surface area contributed by atoms with Crippen molar-refractivity contribution in [3.63, 3.8) is 0 Å². The highest BCUT2D eigenvalue weighted by Gasteiger charge is 2.23. The van der Waals surface area contributed by atoms with Crippen molar-refractivity contribution in [1.29, 1.82) is 0 Å². The molecule has 6 heteroatoms. The van der Waals surface area contributed by atoms with Gasteiger partial charge in [0.2, 0.25) is 0 Å². The Balaban J connectivity index is 1.15. The van der Waals surface area contributed by atoms with Crippen LogP contribution in [-0.4, -0.2) is 28.7 Å². The van der Waals surface area contributed by atoms with Crippen LogP contribution in [-0.2, 0) is 0 Å². The Bertz CT molecular complexity index is 3850. The van der Waals surface area contributed by atoms with Crippen LogP contribution in [0.1, 0.15) is 0 Å². The Hall–Kier alpha value is -8.87. The predicted molar refractivity (Wildman–Crippen MR) is 267 cm³/mol. The van der Waals surface area contributed by atoms with Crippen LogP contribution in [0.3, 0.4) is 0 Å². The maximum Gasteiger partial charge on any atom is 0.164 e. The van der Waals surface area contributed by atoms with Crippen LogP contribution in [0.2, 0.25) is 0 Å². The molecule has 4 aromatic heterocycles. The highest BCUT2D eigenvalue weighted by molar-refractivity contribution is 6.23. The first-order chi connectivity index (χ1) is 32.2. The molecule has 0 aliphatic rings. The van der Waals surface area contributed by atoms with Gasteiger partial charge in [0, 0.05) is 66.9 Å². The van der Waals surface area contributed by atoms with Gasteiger partial charge in [-0.15, -0.1) is 0 Å². The quantitative estimate of drug-likeness (QED) is 0.161. The molecule has 6 nitrogen and oxygen atoms in total. The summed E-state index contributed by atoms with van der Waals surface area (Å²) >= 11 is 0. The van der Waals surface area contributed by atoms with Crippen molar-refractivity contribution in [1.82, 2.24) is 28.7 Å². The van der Waals surface area contributed by atoms with Gasteiger partial charge in [0.05, 0.1) is 27.6 Å². The van der Waals surface area contributed by atoms with Crippen molar-refractivity contribution in [2.75, 3.05) is 0 Å². The minimum atomic E-state index is 0.603. The van der Waals surface area contributed by atoms with E-state index in [0.717, 1.165) is 72.3 Å². The van der Waals surface area contributed by atoms with Gasteiger partial charge in [-0.25, -0.2) is 15.0 Å². The van der Waals surface area contributed by atoms with Crippen molar-refractivity contribution in [3.05, 3.63) is 231 Å². The zero-order valence-corrected chi connectivity index (χ0v) is 35.1. The monoisotopic (exact) mass is 830 g/mol. The Morgan fingerprint density at radius 1 is 0.262 bits per heavy atom. The van der Waals surface area contributed by atoms with Gasteiger partial charge in [-0.2, -0.15) is 0 Å². The Labute approximate surface area is 374 Å². The zero-order chi connectivity index (χ0) is 42.8. The maximum absolute atomic E-state index is 5.24. The standard InChI is InChI=1S/C59H38N6/c1-6-18-39(19-7-1)42-34-43(59-61-57(40-20-8-2-9-21-40)60-58(62-59)41-22-10-3-11-23-41)36-46(35-42)65-55-37-50-47-28-16-17-29-53(47)64(45-26-14-5-15-27-45)54(50)38-51(55)48-30-31-52-49(56(48)65)32-33-63(52)44-24-12-4-13-25-44/h1-38H. The lowest BCUT2D eigenvalue weighted by molar-refractivity contribution is 1.07. The molecular formula is C59H38N6. The van der Waals surface area contributed by atoms with E-state index >= 15 is 0 Å². The number of nitrogens with zero attached hydrogens (tertiary/aromatic N) is 6. The summed E-state index contributed by atoms with van der Waals surface area (Å²) < 4.78 is 7.17. The fourth-order valence-electron chi connectivity index (χ4n) is 9.73. The molecular weight excluding hydrogens is 793 g/mol. The molecule has 0 atom stereocenters. The van der Waals surface area contributed by atoms with Gasteiger partial charge in [-0.3, -0.25) is 0 Å². The molecule has 0 N–H and O–H groups in total. The molecule has 0 saturated carbocycles. The second-order valence-electron chi connectivity index (χ2n) is 16.5. The van der Waals surface area contributed by atoms with Gasteiger partial charge in [0.15, 0.2) is 17.5 Å².